The van der Waals surface area contributed by atoms with Gasteiger partial charge >= 0.3 is 5.97 Å². The number of carbonyl (C=O) groups excluding carboxylic acids is 2. The zero-order valence-electron chi connectivity index (χ0n) is 10.3. The van der Waals surface area contributed by atoms with Gasteiger partial charge in [0.2, 0.25) is 0 Å². The molecular weight excluding hydrogens is 222 g/mol. The molecule has 0 saturated carbocycles. The van der Waals surface area contributed by atoms with Crippen LogP contribution in [0.3, 0.4) is 0 Å². The number of carbonyl (C=O) groups is 2. The van der Waals surface area contributed by atoms with E-state index >= 15 is 0 Å². The first-order valence-electron chi connectivity index (χ1n) is 5.64. The standard InChI is InChI=1S/C12H17NO4/c1-4-10-9(6-7-17-10)11(14)13-8(3)12(15)16-5-2/h6-8H,4-5H2,1-3H3,(H,13,14). The molecule has 1 N–H and O–H groups in total. The van der Waals surface area contributed by atoms with Crippen LogP contribution in [0.25, 0.3) is 0 Å². The third kappa shape index (κ3) is 3.34. The quantitative estimate of drug-likeness (QED) is 0.791. The van der Waals surface area contributed by atoms with E-state index < -0.39 is 12.0 Å². The van der Waals surface area contributed by atoms with Crippen LogP contribution in [0.4, 0.5) is 0 Å². The first-order valence-corrected chi connectivity index (χ1v) is 5.64. The number of ether oxygens (including phenoxy) is 1. The van der Waals surface area contributed by atoms with Crippen molar-refractivity contribution in [1.29, 1.82) is 0 Å². The van der Waals surface area contributed by atoms with Gasteiger partial charge in [0.05, 0.1) is 18.4 Å². The Morgan fingerprint density at radius 3 is 2.76 bits per heavy atom. The van der Waals surface area contributed by atoms with Crippen molar-refractivity contribution in [2.45, 2.75) is 33.2 Å². The van der Waals surface area contributed by atoms with Crippen molar-refractivity contribution in [2.24, 2.45) is 0 Å². The third-order valence-electron chi connectivity index (χ3n) is 2.30. The van der Waals surface area contributed by atoms with E-state index in [4.69, 9.17) is 9.15 Å². The minimum absolute atomic E-state index is 0.297. The van der Waals surface area contributed by atoms with E-state index in [1.54, 1.807) is 19.9 Å². The number of hydrogen-bond donors (Lipinski definition) is 1. The van der Waals surface area contributed by atoms with Crippen LogP contribution in [-0.4, -0.2) is 24.5 Å². The van der Waals surface area contributed by atoms with E-state index in [9.17, 15) is 9.59 Å². The SMILES string of the molecule is CCOC(=O)C(C)NC(=O)c1ccoc1CC. The number of hydrogen-bond acceptors (Lipinski definition) is 4. The molecule has 5 nitrogen and oxygen atoms in total. The Hall–Kier alpha value is -1.78. The van der Waals surface area contributed by atoms with Gasteiger partial charge < -0.3 is 14.5 Å². The average molecular weight is 239 g/mol. The summed E-state index contributed by atoms with van der Waals surface area (Å²) < 4.78 is 9.95. The topological polar surface area (TPSA) is 68.5 Å². The Morgan fingerprint density at radius 1 is 1.47 bits per heavy atom. The van der Waals surface area contributed by atoms with E-state index in [-0.39, 0.29) is 5.91 Å². The zero-order valence-corrected chi connectivity index (χ0v) is 10.3. The highest BCUT2D eigenvalue weighted by Crippen LogP contribution is 2.11. The van der Waals surface area contributed by atoms with Crippen molar-refractivity contribution < 1.29 is 18.7 Å². The average Bonchev–Trinajstić information content (AvgIpc) is 2.77. The molecule has 0 aromatic carbocycles. The van der Waals surface area contributed by atoms with Gasteiger partial charge in [-0.05, 0) is 19.9 Å². The minimum Gasteiger partial charge on any atom is -0.469 e. The fourth-order valence-corrected chi connectivity index (χ4v) is 1.42. The van der Waals surface area contributed by atoms with Crippen LogP contribution in [0.5, 0.6) is 0 Å². The summed E-state index contributed by atoms with van der Waals surface area (Å²) in [7, 11) is 0. The van der Waals surface area contributed by atoms with Gasteiger partial charge in [0.25, 0.3) is 5.91 Å². The van der Waals surface area contributed by atoms with E-state index in [1.165, 1.54) is 6.26 Å². The first kappa shape index (κ1) is 13.3. The Morgan fingerprint density at radius 2 is 2.18 bits per heavy atom. The maximum atomic E-state index is 11.8. The maximum Gasteiger partial charge on any atom is 0.328 e. The molecule has 1 amide bonds. The third-order valence-corrected chi connectivity index (χ3v) is 2.30. The molecule has 0 aliphatic rings. The molecule has 17 heavy (non-hydrogen) atoms. The molecule has 1 unspecified atom stereocenters. The summed E-state index contributed by atoms with van der Waals surface area (Å²) in [6.07, 6.45) is 2.09. The summed E-state index contributed by atoms with van der Waals surface area (Å²) in [5, 5.41) is 2.57. The summed E-state index contributed by atoms with van der Waals surface area (Å²) in [5.41, 5.74) is 0.462. The van der Waals surface area contributed by atoms with Gasteiger partial charge in [-0.3, -0.25) is 4.79 Å². The summed E-state index contributed by atoms with van der Waals surface area (Å²) in [6.45, 7) is 5.49. The molecule has 0 fully saturated rings. The van der Waals surface area contributed by atoms with E-state index in [2.05, 4.69) is 5.32 Å². The van der Waals surface area contributed by atoms with Crippen LogP contribution < -0.4 is 5.32 Å². The second-order valence-corrected chi connectivity index (χ2v) is 3.56. The van der Waals surface area contributed by atoms with Gasteiger partial charge in [0, 0.05) is 6.42 Å². The van der Waals surface area contributed by atoms with Gasteiger partial charge in [-0.2, -0.15) is 0 Å². The fraction of sp³-hybridized carbons (Fsp3) is 0.500. The minimum atomic E-state index is -0.665. The lowest BCUT2D eigenvalue weighted by Crippen LogP contribution is -2.39. The van der Waals surface area contributed by atoms with E-state index in [0.717, 1.165) is 0 Å². The molecule has 1 aromatic heterocycles. The van der Waals surface area contributed by atoms with Crippen LogP contribution in [0.1, 0.15) is 36.9 Å². The van der Waals surface area contributed by atoms with Crippen molar-refractivity contribution in [1.82, 2.24) is 5.32 Å². The van der Waals surface area contributed by atoms with Crippen LogP contribution >= 0.6 is 0 Å². The number of amides is 1. The molecule has 1 atom stereocenters. The second-order valence-electron chi connectivity index (χ2n) is 3.56. The Bertz CT molecular complexity index is 397. The lowest BCUT2D eigenvalue weighted by Gasteiger charge is -2.12. The molecule has 0 spiro atoms. The van der Waals surface area contributed by atoms with Gasteiger partial charge in [0.15, 0.2) is 0 Å². The fourth-order valence-electron chi connectivity index (χ4n) is 1.42. The molecule has 94 valence electrons. The van der Waals surface area contributed by atoms with Crippen molar-refractivity contribution in [3.05, 3.63) is 23.7 Å². The second kappa shape index (κ2) is 6.08. The van der Waals surface area contributed by atoms with E-state index in [1.807, 2.05) is 6.92 Å². The van der Waals surface area contributed by atoms with Crippen molar-refractivity contribution in [3.63, 3.8) is 0 Å². The highest BCUT2D eigenvalue weighted by Gasteiger charge is 2.20. The monoisotopic (exact) mass is 239 g/mol. The lowest BCUT2D eigenvalue weighted by molar-refractivity contribution is -0.144. The molecule has 0 aliphatic heterocycles. The van der Waals surface area contributed by atoms with Crippen LogP contribution in [-0.2, 0) is 16.0 Å². The van der Waals surface area contributed by atoms with Gasteiger partial charge in [-0.15, -0.1) is 0 Å². The number of aryl methyl sites for hydroxylation is 1. The zero-order chi connectivity index (χ0) is 12.8. The summed E-state index contributed by atoms with van der Waals surface area (Å²) in [5.74, 6) is -0.155. The van der Waals surface area contributed by atoms with Crippen LogP contribution in [0.2, 0.25) is 0 Å². The summed E-state index contributed by atoms with van der Waals surface area (Å²) in [4.78, 5) is 23.2. The first-order chi connectivity index (χ1) is 8.10. The van der Waals surface area contributed by atoms with Crippen molar-refractivity contribution in [3.8, 4) is 0 Å². The lowest BCUT2D eigenvalue weighted by atomic mass is 10.2. The van der Waals surface area contributed by atoms with Crippen molar-refractivity contribution >= 4 is 11.9 Å². The van der Waals surface area contributed by atoms with E-state index in [0.29, 0.717) is 24.4 Å². The highest BCUT2D eigenvalue weighted by molar-refractivity contribution is 5.97. The highest BCUT2D eigenvalue weighted by atomic mass is 16.5. The molecule has 0 aliphatic carbocycles. The molecule has 0 saturated heterocycles. The largest absolute Gasteiger partial charge is 0.469 e. The number of esters is 1. The molecule has 0 bridgehead atoms. The Kier molecular flexibility index (Phi) is 4.75. The Balaban J connectivity index is 2.63. The van der Waals surface area contributed by atoms with Crippen LogP contribution in [0.15, 0.2) is 16.7 Å². The summed E-state index contributed by atoms with van der Waals surface area (Å²) >= 11 is 0. The molecular formula is C12H17NO4. The van der Waals surface area contributed by atoms with Gasteiger partial charge in [-0.25, -0.2) is 4.79 Å². The number of nitrogens with one attached hydrogen (secondary N) is 1. The number of rotatable bonds is 5. The predicted molar refractivity (Wildman–Crippen MR) is 61.6 cm³/mol. The normalized spacial score (nSPS) is 11.9. The molecule has 1 aromatic rings. The molecule has 5 heteroatoms. The van der Waals surface area contributed by atoms with Crippen LogP contribution in [0, 0.1) is 0 Å². The molecule has 1 rings (SSSR count). The molecule has 1 heterocycles. The maximum absolute atomic E-state index is 11.8. The van der Waals surface area contributed by atoms with Gasteiger partial charge in [0.1, 0.15) is 11.8 Å². The summed E-state index contributed by atoms with van der Waals surface area (Å²) in [6, 6.07) is 0.925. The smallest absolute Gasteiger partial charge is 0.328 e. The van der Waals surface area contributed by atoms with Gasteiger partial charge in [-0.1, -0.05) is 6.92 Å². The van der Waals surface area contributed by atoms with Crippen molar-refractivity contribution in [2.75, 3.05) is 6.61 Å². The Labute approximate surface area is 100 Å². The molecule has 0 radical (unpaired) electrons. The number of furan rings is 1. The predicted octanol–water partition coefficient (Wildman–Crippen LogP) is 1.52.